The standard InChI is InChI=1S/C42H33Cl2N15O19S6/c1-17-3-6-23(80(64,65)66)16-27(17)49-42-53-38(44)51-40(55-42)47-20-4-8-25(28(14-20)81(67,68)69)56-58-34-30(83(73,74)75)12-19-13-31(84(76,77)78)35(36(60)32(19)33(34)45)59-57-26-9-5-21(15-29(26)82(70,71)72)46-39-50-37(43)52-41(54-39)48-24-10-7-22(11-18(24)2)79(61,62)63/h3-16,57H,45H2,1-2H3,(H,61,62,63)(H,64,65,66)(H,67,68,69)(H,70,71,72)(H,73,74,75)(H,76,77,78)(H2,46,48,50,52,54)(H2,47,49,51,53,55)/b58-56?,59-35-. The molecule has 13 N–H and O–H groups in total. The van der Waals surface area contributed by atoms with Gasteiger partial charge in [0, 0.05) is 22.7 Å². The molecular formula is C42H33Cl2N15O19S6. The molecule has 0 unspecified atom stereocenters. The molecule has 0 amide bonds. The van der Waals surface area contributed by atoms with Gasteiger partial charge in [-0.1, -0.05) is 6.07 Å². The van der Waals surface area contributed by atoms with Crippen LogP contribution in [-0.4, -0.2) is 119 Å². The molecular weight excluding hydrogens is 1280 g/mol. The number of halogens is 2. The molecule has 2 aromatic heterocycles. The number of fused-ring (bicyclic) bond motifs is 1. The average molecular weight is 1320 g/mol. The second-order valence-electron chi connectivity index (χ2n) is 16.9. The van der Waals surface area contributed by atoms with E-state index in [4.69, 9.17) is 28.9 Å². The van der Waals surface area contributed by atoms with E-state index >= 15 is 0 Å². The van der Waals surface area contributed by atoms with Crippen LogP contribution in [0.5, 0.6) is 0 Å². The Hall–Kier alpha value is -8.36. The number of nitrogen functional groups attached to an aromatic ring is 1. The Morgan fingerprint density at radius 1 is 0.488 bits per heavy atom. The van der Waals surface area contributed by atoms with Crippen LogP contribution in [-0.2, 0) is 60.7 Å². The normalized spacial score (nSPS) is 13.8. The first-order valence-electron chi connectivity index (χ1n) is 22.1. The lowest BCUT2D eigenvalue weighted by atomic mass is 9.92. The Morgan fingerprint density at radius 2 is 0.976 bits per heavy atom. The van der Waals surface area contributed by atoms with Crippen LogP contribution in [0.4, 0.5) is 69.3 Å². The van der Waals surface area contributed by atoms with Gasteiger partial charge in [0.05, 0.1) is 26.7 Å². The number of carbonyl (C=O) groups is 1. The van der Waals surface area contributed by atoms with Crippen LogP contribution < -0.4 is 32.4 Å². The number of azo groups is 1. The molecule has 7 aromatic rings. The molecule has 8 rings (SSSR count). The smallest absolute Gasteiger partial charge is 0.296 e. The minimum atomic E-state index is -5.56. The van der Waals surface area contributed by atoms with Gasteiger partial charge in [-0.25, -0.2) is 0 Å². The molecule has 0 aliphatic heterocycles. The Morgan fingerprint density at radius 3 is 1.50 bits per heavy atom. The van der Waals surface area contributed by atoms with Gasteiger partial charge >= 0.3 is 0 Å². The second-order valence-corrected chi connectivity index (χ2v) is 26.0. The highest BCUT2D eigenvalue weighted by molar-refractivity contribution is 7.91. The molecule has 0 saturated carbocycles. The predicted molar refractivity (Wildman–Crippen MR) is 297 cm³/mol. The lowest BCUT2D eigenvalue weighted by Gasteiger charge is -2.20. The van der Waals surface area contributed by atoms with Crippen LogP contribution in [0.1, 0.15) is 27.0 Å². The zero-order chi connectivity index (χ0) is 61.8. The molecule has 5 aromatic carbocycles. The van der Waals surface area contributed by atoms with E-state index < -0.39 is 146 Å². The zero-order valence-electron chi connectivity index (χ0n) is 41.4. The van der Waals surface area contributed by atoms with E-state index in [-0.39, 0.29) is 46.5 Å². The zero-order valence-corrected chi connectivity index (χ0v) is 47.8. The first-order chi connectivity index (χ1) is 38.8. The monoisotopic (exact) mass is 1310 g/mol. The van der Waals surface area contributed by atoms with E-state index in [0.29, 0.717) is 23.3 Å². The van der Waals surface area contributed by atoms with Gasteiger partial charge in [0.15, 0.2) is 5.71 Å². The predicted octanol–water partition coefficient (Wildman–Crippen LogP) is 6.08. The highest BCUT2D eigenvalue weighted by Gasteiger charge is 2.37. The summed E-state index contributed by atoms with van der Waals surface area (Å²) in [6.45, 7) is 3.06. The minimum absolute atomic E-state index is 0.0985. The Kier molecular flexibility index (Phi) is 16.6. The van der Waals surface area contributed by atoms with Crippen molar-refractivity contribution in [3.8, 4) is 0 Å². The van der Waals surface area contributed by atoms with Crippen LogP contribution in [0.15, 0.2) is 124 Å². The molecule has 0 fully saturated rings. The Labute approximate surface area is 483 Å². The summed E-state index contributed by atoms with van der Waals surface area (Å²) in [5, 5.41) is 20.8. The SMILES string of the molecule is Cc1cc(S(=O)(=O)O)ccc1Nc1nc(Cl)nc(Nc2ccc(N/N=C3\C(=O)c4c(cc(S(=O)(=O)O)c(N=Nc5ccc(Nc6nc(Cl)nc(Nc7cc(S(=O)(=O)O)ccc7C)n6)cc5S(=O)(=O)O)c4N)C=C3S(=O)(=O)O)c(S(=O)(=O)O)c2)n1. The van der Waals surface area contributed by atoms with Gasteiger partial charge in [0.1, 0.15) is 31.0 Å². The summed E-state index contributed by atoms with van der Waals surface area (Å²) in [7, 11) is -30.9. The van der Waals surface area contributed by atoms with E-state index in [2.05, 4.69) is 71.9 Å². The number of anilines is 10. The molecule has 0 saturated heterocycles. The molecule has 0 spiro atoms. The third-order valence-electron chi connectivity index (χ3n) is 11.1. The first kappa shape index (κ1) is 61.7. The number of rotatable bonds is 18. The number of Topliss-reactive ketones (excluding diaryl/α,β-unsaturated/α-hetero) is 1. The number of aromatic nitrogens is 6. The molecule has 34 nitrogen and oxygen atoms in total. The molecule has 1 aliphatic carbocycles. The fourth-order valence-corrected chi connectivity index (χ4v) is 11.4. The van der Waals surface area contributed by atoms with Gasteiger partial charge < -0.3 is 27.0 Å². The number of allylic oxidation sites excluding steroid dienone is 1. The van der Waals surface area contributed by atoms with E-state index in [1.165, 1.54) is 19.1 Å². The minimum Gasteiger partial charge on any atom is -0.396 e. The van der Waals surface area contributed by atoms with Gasteiger partial charge in [-0.3, -0.25) is 37.5 Å². The van der Waals surface area contributed by atoms with Crippen molar-refractivity contribution in [2.75, 3.05) is 32.4 Å². The largest absolute Gasteiger partial charge is 0.396 e. The van der Waals surface area contributed by atoms with Crippen molar-refractivity contribution in [1.29, 1.82) is 0 Å². The van der Waals surface area contributed by atoms with Crippen LogP contribution in [0.25, 0.3) is 6.08 Å². The molecule has 2 heterocycles. The topological polar surface area (TPSA) is 544 Å². The number of benzene rings is 5. The van der Waals surface area contributed by atoms with Gasteiger partial charge in [-0.2, -0.15) is 85.5 Å². The van der Waals surface area contributed by atoms with Crippen LogP contribution in [0, 0.1) is 13.8 Å². The summed E-state index contributed by atoms with van der Waals surface area (Å²) in [4.78, 5) is 32.5. The van der Waals surface area contributed by atoms with Crippen LogP contribution in [0.3, 0.4) is 0 Å². The molecule has 440 valence electrons. The van der Waals surface area contributed by atoms with Crippen LogP contribution in [0.2, 0.25) is 10.6 Å². The maximum atomic E-state index is 14.3. The number of nitrogens with one attached hydrogen (secondary N) is 5. The summed E-state index contributed by atoms with van der Waals surface area (Å²) in [5.74, 6) is -2.83. The van der Waals surface area contributed by atoms with Crippen molar-refractivity contribution in [2.45, 2.75) is 38.3 Å². The number of hydrazone groups is 1. The van der Waals surface area contributed by atoms with Crippen molar-refractivity contribution in [1.82, 2.24) is 29.9 Å². The van der Waals surface area contributed by atoms with E-state index in [0.717, 1.165) is 60.7 Å². The van der Waals surface area contributed by atoms with Crippen molar-refractivity contribution >= 4 is 171 Å². The van der Waals surface area contributed by atoms with E-state index in [9.17, 15) is 82.6 Å². The molecule has 42 heteroatoms. The lowest BCUT2D eigenvalue weighted by Crippen LogP contribution is -2.28. The lowest BCUT2D eigenvalue weighted by molar-refractivity contribution is 0.106. The molecule has 1 aliphatic rings. The summed E-state index contributed by atoms with van der Waals surface area (Å²) in [6.07, 6.45) is 0.470. The average Bonchev–Trinajstić information content (AvgIpc) is 1.81. The number of hydrogen-bond donors (Lipinski definition) is 12. The van der Waals surface area contributed by atoms with E-state index in [1.54, 1.807) is 6.92 Å². The summed E-state index contributed by atoms with van der Waals surface area (Å²) in [5.41, 5.74) is 2.64. The molecule has 0 bridgehead atoms. The first-order valence-corrected chi connectivity index (χ1v) is 31.5. The maximum absolute atomic E-state index is 14.3. The maximum Gasteiger partial charge on any atom is 0.296 e. The van der Waals surface area contributed by atoms with Gasteiger partial charge in [-0.05, 0) is 133 Å². The molecule has 84 heavy (non-hydrogen) atoms. The number of nitrogens with two attached hydrogens (primary N) is 1. The third kappa shape index (κ3) is 14.2. The fourth-order valence-electron chi connectivity index (χ4n) is 7.36. The highest BCUT2D eigenvalue weighted by atomic mass is 35.5. The highest BCUT2D eigenvalue weighted by Crippen LogP contribution is 2.42. The number of hydrogen-bond acceptors (Lipinski definition) is 28. The van der Waals surface area contributed by atoms with Crippen molar-refractivity contribution in [3.05, 3.63) is 117 Å². The Balaban J connectivity index is 1.10. The van der Waals surface area contributed by atoms with Gasteiger partial charge in [0.25, 0.3) is 60.7 Å². The van der Waals surface area contributed by atoms with Crippen molar-refractivity contribution in [3.63, 3.8) is 0 Å². The molecule has 0 atom stereocenters. The number of aryl methyl sites for hydroxylation is 2. The van der Waals surface area contributed by atoms with Crippen LogP contribution >= 0.6 is 23.2 Å². The van der Waals surface area contributed by atoms with Crippen molar-refractivity contribution < 1.29 is 82.6 Å². The summed E-state index contributed by atoms with van der Waals surface area (Å²) in [6, 6.07) is 13.0. The second kappa shape index (κ2) is 22.7. The number of nitrogens with zero attached hydrogens (tertiary/aromatic N) is 9. The summed E-state index contributed by atoms with van der Waals surface area (Å²) < 4.78 is 209. The van der Waals surface area contributed by atoms with E-state index in [1.807, 2.05) is 0 Å². The van der Waals surface area contributed by atoms with Crippen molar-refractivity contribution in [2.24, 2.45) is 15.3 Å². The quantitative estimate of drug-likeness (QED) is 0.0200. The number of carbonyl (C=O) groups excluding carboxylic acids is 1. The van der Waals surface area contributed by atoms with Gasteiger partial charge in [-0.15, -0.1) is 10.2 Å². The number of ketones is 1. The fraction of sp³-hybridized carbons (Fsp3) is 0.0476. The van der Waals surface area contributed by atoms with Gasteiger partial charge in [0.2, 0.25) is 40.1 Å². The Bertz CT molecular complexity index is 4810. The third-order valence-corrected chi connectivity index (χ3v) is 16.7. The molecule has 0 radical (unpaired) electrons. The summed E-state index contributed by atoms with van der Waals surface area (Å²) >= 11 is 12.2.